The fraction of sp³-hybridized carbons (Fsp3) is 0.379. The van der Waals surface area contributed by atoms with Crippen LogP contribution < -0.4 is 4.90 Å². The molecule has 3 aromatic rings. The SMILES string of the molecule is Cc1ccc(-c2ccc(N3CCN(C(=O)CN(C(=O)C4CC4)[C@H](C)c4ccccc4)CC3)nn2)cc1. The molecule has 1 aliphatic heterocycles. The minimum atomic E-state index is -0.133. The molecule has 186 valence electrons. The van der Waals surface area contributed by atoms with Crippen molar-refractivity contribution >= 4 is 17.6 Å². The molecule has 0 spiro atoms. The van der Waals surface area contributed by atoms with Crippen molar-refractivity contribution in [1.82, 2.24) is 20.0 Å². The Balaban J connectivity index is 1.19. The Hall–Kier alpha value is -3.74. The van der Waals surface area contributed by atoms with E-state index >= 15 is 0 Å². The first-order chi connectivity index (χ1) is 17.5. The average Bonchev–Trinajstić information content (AvgIpc) is 3.78. The molecule has 0 unspecified atom stereocenters. The van der Waals surface area contributed by atoms with Crippen LogP contribution in [0.15, 0.2) is 66.7 Å². The highest BCUT2D eigenvalue weighted by Gasteiger charge is 2.37. The molecule has 1 aromatic heterocycles. The van der Waals surface area contributed by atoms with Gasteiger partial charge in [0.05, 0.1) is 11.7 Å². The van der Waals surface area contributed by atoms with Crippen molar-refractivity contribution in [2.24, 2.45) is 5.92 Å². The first-order valence-electron chi connectivity index (χ1n) is 12.8. The molecule has 1 saturated carbocycles. The van der Waals surface area contributed by atoms with E-state index in [0.29, 0.717) is 26.2 Å². The van der Waals surface area contributed by atoms with Gasteiger partial charge in [-0.05, 0) is 44.4 Å². The summed E-state index contributed by atoms with van der Waals surface area (Å²) < 4.78 is 0. The van der Waals surface area contributed by atoms with Crippen molar-refractivity contribution in [3.8, 4) is 11.3 Å². The van der Waals surface area contributed by atoms with Gasteiger partial charge >= 0.3 is 0 Å². The standard InChI is InChI=1S/C29H33N5O2/c1-21-8-10-24(11-9-21)26-14-15-27(31-30-26)32-16-18-33(19-17-32)28(35)20-34(29(36)25-12-13-25)22(2)23-6-4-3-5-7-23/h3-11,14-15,22,25H,12-13,16-20H2,1-2H3/t22-/m1/s1. The maximum atomic E-state index is 13.2. The summed E-state index contributed by atoms with van der Waals surface area (Å²) in [7, 11) is 0. The topological polar surface area (TPSA) is 69.6 Å². The number of piperazine rings is 1. The number of hydrogen-bond acceptors (Lipinski definition) is 5. The first kappa shape index (κ1) is 24.0. The van der Waals surface area contributed by atoms with E-state index in [2.05, 4.69) is 46.3 Å². The fourth-order valence-corrected chi connectivity index (χ4v) is 4.68. The van der Waals surface area contributed by atoms with Crippen molar-refractivity contribution in [2.75, 3.05) is 37.6 Å². The van der Waals surface area contributed by atoms with Gasteiger partial charge in [0.15, 0.2) is 5.82 Å². The van der Waals surface area contributed by atoms with Gasteiger partial charge in [-0.3, -0.25) is 9.59 Å². The largest absolute Gasteiger partial charge is 0.352 e. The van der Waals surface area contributed by atoms with Gasteiger partial charge in [0.2, 0.25) is 11.8 Å². The molecule has 7 heteroatoms. The zero-order chi connectivity index (χ0) is 25.1. The molecule has 2 fully saturated rings. The number of anilines is 1. The zero-order valence-electron chi connectivity index (χ0n) is 21.0. The highest BCUT2D eigenvalue weighted by atomic mass is 16.2. The number of aryl methyl sites for hydroxylation is 1. The van der Waals surface area contributed by atoms with Crippen LogP contribution in [-0.2, 0) is 9.59 Å². The summed E-state index contributed by atoms with van der Waals surface area (Å²) in [5, 5.41) is 8.87. The second kappa shape index (κ2) is 10.5. The number of carbonyl (C=O) groups is 2. The summed E-state index contributed by atoms with van der Waals surface area (Å²) in [5.74, 6) is 0.998. The number of benzene rings is 2. The summed E-state index contributed by atoms with van der Waals surface area (Å²) in [5.41, 5.74) is 4.16. The van der Waals surface area contributed by atoms with E-state index in [-0.39, 0.29) is 30.3 Å². The molecular weight excluding hydrogens is 450 g/mol. The molecule has 0 N–H and O–H groups in total. The van der Waals surface area contributed by atoms with Gasteiger partial charge in [-0.25, -0.2) is 0 Å². The van der Waals surface area contributed by atoms with Crippen LogP contribution in [0.3, 0.4) is 0 Å². The molecule has 2 aliphatic rings. The molecule has 5 rings (SSSR count). The Labute approximate surface area is 212 Å². The fourth-order valence-electron chi connectivity index (χ4n) is 4.68. The third-order valence-electron chi connectivity index (χ3n) is 7.22. The van der Waals surface area contributed by atoms with E-state index < -0.39 is 0 Å². The summed E-state index contributed by atoms with van der Waals surface area (Å²) in [6, 6.07) is 22.1. The van der Waals surface area contributed by atoms with Gasteiger partial charge in [-0.15, -0.1) is 10.2 Å². The van der Waals surface area contributed by atoms with Crippen LogP contribution >= 0.6 is 0 Å². The third-order valence-corrected chi connectivity index (χ3v) is 7.22. The molecular formula is C29H33N5O2. The summed E-state index contributed by atoms with van der Waals surface area (Å²) in [4.78, 5) is 32.1. The Morgan fingerprint density at radius 2 is 1.61 bits per heavy atom. The second-order valence-electron chi connectivity index (χ2n) is 9.84. The van der Waals surface area contributed by atoms with Crippen molar-refractivity contribution in [2.45, 2.75) is 32.7 Å². The van der Waals surface area contributed by atoms with Crippen LogP contribution in [-0.4, -0.2) is 64.5 Å². The molecule has 7 nitrogen and oxygen atoms in total. The predicted octanol–water partition coefficient (Wildman–Crippen LogP) is 4.10. The van der Waals surface area contributed by atoms with Crippen LogP contribution in [0.2, 0.25) is 0 Å². The van der Waals surface area contributed by atoms with Gasteiger partial charge in [0.1, 0.15) is 6.54 Å². The molecule has 1 aliphatic carbocycles. The molecule has 2 heterocycles. The van der Waals surface area contributed by atoms with Gasteiger partial charge in [0, 0.05) is 37.7 Å². The molecule has 36 heavy (non-hydrogen) atoms. The van der Waals surface area contributed by atoms with Crippen molar-refractivity contribution in [3.05, 3.63) is 77.9 Å². The molecule has 1 atom stereocenters. The summed E-state index contributed by atoms with van der Waals surface area (Å²) in [6.07, 6.45) is 1.85. The number of carbonyl (C=O) groups excluding carboxylic acids is 2. The highest BCUT2D eigenvalue weighted by molar-refractivity contribution is 5.87. The molecule has 2 aromatic carbocycles. The summed E-state index contributed by atoms with van der Waals surface area (Å²) in [6.45, 7) is 6.78. The highest BCUT2D eigenvalue weighted by Crippen LogP contribution is 2.34. The number of aromatic nitrogens is 2. The quantitative estimate of drug-likeness (QED) is 0.506. The van der Waals surface area contributed by atoms with Crippen LogP contribution in [0.1, 0.15) is 36.9 Å². The van der Waals surface area contributed by atoms with Crippen molar-refractivity contribution in [1.29, 1.82) is 0 Å². The maximum absolute atomic E-state index is 13.2. The van der Waals surface area contributed by atoms with E-state index in [9.17, 15) is 9.59 Å². The van der Waals surface area contributed by atoms with Crippen LogP contribution in [0, 0.1) is 12.8 Å². The first-order valence-corrected chi connectivity index (χ1v) is 12.8. The Bertz CT molecular complexity index is 1180. The smallest absolute Gasteiger partial charge is 0.242 e. The maximum Gasteiger partial charge on any atom is 0.242 e. The Morgan fingerprint density at radius 3 is 2.22 bits per heavy atom. The molecule has 0 bridgehead atoms. The van der Waals surface area contributed by atoms with Crippen molar-refractivity contribution in [3.63, 3.8) is 0 Å². The summed E-state index contributed by atoms with van der Waals surface area (Å²) >= 11 is 0. The van der Waals surface area contributed by atoms with E-state index in [1.54, 1.807) is 4.90 Å². The minimum Gasteiger partial charge on any atom is -0.352 e. The lowest BCUT2D eigenvalue weighted by molar-refractivity contribution is -0.143. The van der Waals surface area contributed by atoms with Gasteiger partial charge in [-0.1, -0.05) is 60.2 Å². The molecule has 2 amide bonds. The third kappa shape index (κ3) is 5.40. The molecule has 1 saturated heterocycles. The van der Waals surface area contributed by atoms with E-state index in [1.165, 1.54) is 5.56 Å². The van der Waals surface area contributed by atoms with Crippen LogP contribution in [0.5, 0.6) is 0 Å². The number of hydrogen-bond donors (Lipinski definition) is 0. The average molecular weight is 484 g/mol. The number of amides is 2. The number of nitrogens with zero attached hydrogens (tertiary/aromatic N) is 5. The van der Waals surface area contributed by atoms with Gasteiger partial charge in [0.25, 0.3) is 0 Å². The lowest BCUT2D eigenvalue weighted by atomic mass is 10.1. The van der Waals surface area contributed by atoms with Gasteiger partial charge in [-0.2, -0.15) is 0 Å². The number of rotatable bonds is 7. The lowest BCUT2D eigenvalue weighted by Crippen LogP contribution is -2.52. The lowest BCUT2D eigenvalue weighted by Gasteiger charge is -2.37. The predicted molar refractivity (Wildman–Crippen MR) is 140 cm³/mol. The zero-order valence-corrected chi connectivity index (χ0v) is 21.0. The van der Waals surface area contributed by atoms with Crippen LogP contribution in [0.4, 0.5) is 5.82 Å². The van der Waals surface area contributed by atoms with Crippen molar-refractivity contribution < 1.29 is 9.59 Å². The Kier molecular flexibility index (Phi) is 6.98. The van der Waals surface area contributed by atoms with E-state index in [1.807, 2.05) is 54.3 Å². The Morgan fingerprint density at radius 1 is 0.917 bits per heavy atom. The van der Waals surface area contributed by atoms with Crippen LogP contribution in [0.25, 0.3) is 11.3 Å². The minimum absolute atomic E-state index is 0.00670. The van der Waals surface area contributed by atoms with E-state index in [0.717, 1.165) is 35.5 Å². The second-order valence-corrected chi connectivity index (χ2v) is 9.84. The monoisotopic (exact) mass is 483 g/mol. The molecule has 0 radical (unpaired) electrons. The van der Waals surface area contributed by atoms with E-state index in [4.69, 9.17) is 0 Å². The normalized spacial score (nSPS) is 16.5. The van der Waals surface area contributed by atoms with Gasteiger partial charge < -0.3 is 14.7 Å².